The van der Waals surface area contributed by atoms with Gasteiger partial charge in [0.15, 0.2) is 5.84 Å². The van der Waals surface area contributed by atoms with Crippen molar-refractivity contribution in [2.24, 2.45) is 10.7 Å². The van der Waals surface area contributed by atoms with Crippen LogP contribution in [0.4, 0.5) is 13.6 Å². The fraction of sp³-hybridized carbons (Fsp3) is 0.174. The van der Waals surface area contributed by atoms with Gasteiger partial charge in [-0.15, -0.1) is 0 Å². The number of fused-ring (bicyclic) bond motifs is 2. The average Bonchev–Trinajstić information content (AvgIpc) is 3.32. The Morgan fingerprint density at radius 1 is 1.33 bits per heavy atom. The fourth-order valence-electron chi connectivity index (χ4n) is 4.22. The summed E-state index contributed by atoms with van der Waals surface area (Å²) in [6.45, 7) is 4.29. The van der Waals surface area contributed by atoms with Crippen molar-refractivity contribution in [2.45, 2.75) is 12.5 Å². The molecule has 10 heteroatoms. The van der Waals surface area contributed by atoms with Crippen LogP contribution in [-0.4, -0.2) is 44.9 Å². The Morgan fingerprint density at radius 2 is 2.15 bits per heavy atom. The van der Waals surface area contributed by atoms with Crippen molar-refractivity contribution < 1.29 is 18.3 Å². The number of rotatable bonds is 3. The van der Waals surface area contributed by atoms with Crippen LogP contribution in [0.2, 0.25) is 0 Å². The molecule has 2 amide bonds. The highest BCUT2D eigenvalue weighted by atomic mass is 19.1. The zero-order chi connectivity index (χ0) is 23.3. The van der Waals surface area contributed by atoms with Gasteiger partial charge in [0.25, 0.3) is 0 Å². The number of carbonyl (C=O) groups is 1. The second kappa shape index (κ2) is 7.73. The summed E-state index contributed by atoms with van der Waals surface area (Å²) in [4.78, 5) is 24.8. The summed E-state index contributed by atoms with van der Waals surface area (Å²) in [6, 6.07) is 7.65. The number of halogens is 2. The van der Waals surface area contributed by atoms with Crippen LogP contribution >= 0.6 is 0 Å². The van der Waals surface area contributed by atoms with Crippen LogP contribution in [-0.2, 0) is 0 Å². The number of ether oxygens (including phenoxy) is 1. The lowest BCUT2D eigenvalue weighted by Crippen LogP contribution is -2.38. The van der Waals surface area contributed by atoms with E-state index in [4.69, 9.17) is 10.5 Å². The van der Waals surface area contributed by atoms with E-state index < -0.39 is 23.7 Å². The van der Waals surface area contributed by atoms with E-state index >= 15 is 0 Å². The summed E-state index contributed by atoms with van der Waals surface area (Å²) < 4.78 is 35.8. The van der Waals surface area contributed by atoms with Crippen LogP contribution in [0.25, 0.3) is 16.9 Å². The summed E-state index contributed by atoms with van der Waals surface area (Å²) in [5, 5.41) is 0. The molecule has 2 aliphatic heterocycles. The van der Waals surface area contributed by atoms with Gasteiger partial charge in [-0.05, 0) is 24.3 Å². The number of nitrogens with two attached hydrogens (primary N) is 1. The molecule has 3 heterocycles. The Balaban J connectivity index is 1.63. The molecule has 168 valence electrons. The number of benzene rings is 2. The normalized spacial score (nSPS) is 20.6. The van der Waals surface area contributed by atoms with Crippen molar-refractivity contribution in [1.82, 2.24) is 19.4 Å². The molecule has 2 aromatic carbocycles. The van der Waals surface area contributed by atoms with Gasteiger partial charge in [0.2, 0.25) is 0 Å². The first kappa shape index (κ1) is 20.7. The van der Waals surface area contributed by atoms with Crippen molar-refractivity contribution >= 4 is 28.7 Å². The van der Waals surface area contributed by atoms with Crippen LogP contribution in [0.3, 0.4) is 0 Å². The molecule has 5 rings (SSSR count). The van der Waals surface area contributed by atoms with E-state index in [-0.39, 0.29) is 17.2 Å². The Kier molecular flexibility index (Phi) is 4.85. The van der Waals surface area contributed by atoms with Crippen LogP contribution in [0.1, 0.15) is 18.0 Å². The van der Waals surface area contributed by atoms with Gasteiger partial charge in [0.1, 0.15) is 35.2 Å². The second-order valence-electron chi connectivity index (χ2n) is 7.67. The number of aromatic nitrogens is 2. The minimum atomic E-state index is -0.661. The SMILES string of the molecule is C=C(/N=C1\C(=C/N)N(C)C(=O)N1[C@@H]1CCOc2cccc(F)c21)n1cnc2ccc(F)cc21. The van der Waals surface area contributed by atoms with E-state index in [0.29, 0.717) is 35.5 Å². The molecule has 3 aromatic rings. The Labute approximate surface area is 187 Å². The van der Waals surface area contributed by atoms with Crippen molar-refractivity contribution in [3.8, 4) is 5.75 Å². The highest BCUT2D eigenvalue weighted by molar-refractivity contribution is 6.15. The number of hydrogen-bond acceptors (Lipinski definition) is 5. The molecule has 0 unspecified atom stereocenters. The standard InChI is InChI=1S/C23H20F2N6O2/c1-13(30-12-27-16-7-6-14(24)10-18(16)30)28-22-19(11-26)29(2)23(32)31(22)17-8-9-33-20-5-3-4-15(25)21(17)20/h3-7,10-12,17H,1,8-9,26H2,2H3/b19-11+,28-22+/t17-/m1/s1. The lowest BCUT2D eigenvalue weighted by Gasteiger charge is -2.32. The monoisotopic (exact) mass is 450 g/mol. The van der Waals surface area contributed by atoms with Gasteiger partial charge in [0, 0.05) is 25.7 Å². The minimum Gasteiger partial charge on any atom is -0.493 e. The van der Waals surface area contributed by atoms with Gasteiger partial charge in [0.05, 0.1) is 29.2 Å². The molecule has 0 bridgehead atoms. The molecule has 1 saturated heterocycles. The summed E-state index contributed by atoms with van der Waals surface area (Å²) in [6.07, 6.45) is 3.09. The van der Waals surface area contributed by atoms with E-state index in [1.165, 1.54) is 45.1 Å². The molecule has 0 saturated carbocycles. The van der Waals surface area contributed by atoms with Gasteiger partial charge in [-0.3, -0.25) is 14.4 Å². The van der Waals surface area contributed by atoms with Crippen LogP contribution in [0.15, 0.2) is 66.2 Å². The van der Waals surface area contributed by atoms with Crippen LogP contribution < -0.4 is 10.5 Å². The molecule has 1 atom stereocenters. The number of amidine groups is 1. The van der Waals surface area contributed by atoms with Gasteiger partial charge >= 0.3 is 6.03 Å². The highest BCUT2D eigenvalue weighted by Crippen LogP contribution is 2.41. The number of hydrogen-bond donors (Lipinski definition) is 1. The summed E-state index contributed by atoms with van der Waals surface area (Å²) in [7, 11) is 1.56. The molecule has 8 nitrogen and oxygen atoms in total. The van der Waals surface area contributed by atoms with Crippen molar-refractivity contribution in [3.05, 3.63) is 78.4 Å². The topological polar surface area (TPSA) is 89.0 Å². The largest absolute Gasteiger partial charge is 0.493 e. The Hall–Kier alpha value is -4.21. The van der Waals surface area contributed by atoms with E-state index in [9.17, 15) is 13.6 Å². The van der Waals surface area contributed by atoms with E-state index in [2.05, 4.69) is 16.6 Å². The third kappa shape index (κ3) is 3.22. The van der Waals surface area contributed by atoms with Gasteiger partial charge < -0.3 is 10.5 Å². The number of urea groups is 1. The number of imidazole rings is 1. The maximum absolute atomic E-state index is 14.8. The quantitative estimate of drug-likeness (QED) is 0.657. The molecule has 1 fully saturated rings. The maximum atomic E-state index is 14.8. The van der Waals surface area contributed by atoms with Crippen molar-refractivity contribution in [3.63, 3.8) is 0 Å². The molecule has 1 aromatic heterocycles. The highest BCUT2D eigenvalue weighted by Gasteiger charge is 2.44. The second-order valence-corrected chi connectivity index (χ2v) is 7.67. The molecular formula is C23H20F2N6O2. The lowest BCUT2D eigenvalue weighted by atomic mass is 9.98. The Bertz CT molecular complexity index is 1360. The molecule has 0 aliphatic carbocycles. The number of amides is 2. The number of likely N-dealkylation sites (N-methyl/N-ethyl adjacent to an activating group) is 1. The predicted molar refractivity (Wildman–Crippen MR) is 119 cm³/mol. The first-order chi connectivity index (χ1) is 15.9. The van der Waals surface area contributed by atoms with Gasteiger partial charge in [-0.25, -0.2) is 23.6 Å². The molecule has 0 spiro atoms. The van der Waals surface area contributed by atoms with E-state index in [1.807, 2.05) is 0 Å². The van der Waals surface area contributed by atoms with Crippen LogP contribution in [0, 0.1) is 11.6 Å². The maximum Gasteiger partial charge on any atom is 0.330 e. The summed E-state index contributed by atoms with van der Waals surface area (Å²) >= 11 is 0. The molecule has 2 N–H and O–H groups in total. The fourth-order valence-corrected chi connectivity index (χ4v) is 4.22. The molecule has 0 radical (unpaired) electrons. The summed E-state index contributed by atoms with van der Waals surface area (Å²) in [5.41, 5.74) is 7.47. The first-order valence-electron chi connectivity index (χ1n) is 10.2. The van der Waals surface area contributed by atoms with Crippen molar-refractivity contribution in [2.75, 3.05) is 13.7 Å². The predicted octanol–water partition coefficient (Wildman–Crippen LogP) is 3.83. The van der Waals surface area contributed by atoms with Gasteiger partial charge in [-0.1, -0.05) is 12.6 Å². The third-order valence-electron chi connectivity index (χ3n) is 5.80. The zero-order valence-corrected chi connectivity index (χ0v) is 17.7. The first-order valence-corrected chi connectivity index (χ1v) is 10.2. The number of carbonyl (C=O) groups excluding carboxylic acids is 1. The van der Waals surface area contributed by atoms with E-state index in [1.54, 1.807) is 25.2 Å². The van der Waals surface area contributed by atoms with E-state index in [0.717, 1.165) is 0 Å². The van der Waals surface area contributed by atoms with Crippen molar-refractivity contribution in [1.29, 1.82) is 0 Å². The van der Waals surface area contributed by atoms with Gasteiger partial charge in [-0.2, -0.15) is 0 Å². The number of nitrogens with zero attached hydrogens (tertiary/aromatic N) is 5. The van der Waals surface area contributed by atoms with Crippen LogP contribution in [0.5, 0.6) is 5.75 Å². The average molecular weight is 450 g/mol. The Morgan fingerprint density at radius 3 is 2.94 bits per heavy atom. The smallest absolute Gasteiger partial charge is 0.330 e. The lowest BCUT2D eigenvalue weighted by molar-refractivity contribution is 0.174. The molecule has 33 heavy (non-hydrogen) atoms. The summed E-state index contributed by atoms with van der Waals surface area (Å²) in [5.74, 6) is -0.145. The molecular weight excluding hydrogens is 430 g/mol. The third-order valence-corrected chi connectivity index (χ3v) is 5.80. The number of aliphatic imine (C=N–C) groups is 1. The minimum absolute atomic E-state index is 0.186. The molecule has 2 aliphatic rings. The zero-order valence-electron chi connectivity index (χ0n) is 17.7.